The molecule has 0 saturated carbocycles. The number of carbonyl (C=O) groups excluding carboxylic acids is 5. The van der Waals surface area contributed by atoms with E-state index < -0.39 is 59.9 Å². The molecule has 0 spiro atoms. The normalized spacial score (nSPS) is 25.9. The SMILES string of the molecule is C/C=C1\NC(=O)[C@H](C)NC(=O)[C@H](C(C)C)NC(=O)[C@H](NC(=O)[C@@H](N)Cc2ccccc2)[C@@H](C)OC1=O. The monoisotopic (exact) mass is 501 g/mol. The first-order valence-corrected chi connectivity index (χ1v) is 11.8. The van der Waals surface area contributed by atoms with E-state index in [1.165, 1.54) is 26.8 Å². The molecular formula is C25H35N5O6. The van der Waals surface area contributed by atoms with Gasteiger partial charge in [0.25, 0.3) is 0 Å². The molecule has 2 rings (SSSR count). The van der Waals surface area contributed by atoms with Crippen LogP contribution < -0.4 is 27.0 Å². The Morgan fingerprint density at radius 2 is 1.69 bits per heavy atom. The summed E-state index contributed by atoms with van der Waals surface area (Å²) in [5.41, 5.74) is 6.74. The van der Waals surface area contributed by atoms with E-state index in [1.807, 2.05) is 30.3 Å². The van der Waals surface area contributed by atoms with Crippen molar-refractivity contribution in [1.82, 2.24) is 21.3 Å². The number of hydrogen-bond acceptors (Lipinski definition) is 7. The van der Waals surface area contributed by atoms with Crippen molar-refractivity contribution in [3.8, 4) is 0 Å². The summed E-state index contributed by atoms with van der Waals surface area (Å²) in [6.45, 7) is 7.83. The van der Waals surface area contributed by atoms with Crippen LogP contribution in [0.4, 0.5) is 0 Å². The second kappa shape index (κ2) is 12.8. The predicted molar refractivity (Wildman–Crippen MR) is 132 cm³/mol. The quantitative estimate of drug-likeness (QED) is 0.271. The second-order valence-electron chi connectivity index (χ2n) is 9.05. The molecule has 1 saturated heterocycles. The third kappa shape index (κ3) is 7.64. The number of esters is 1. The van der Waals surface area contributed by atoms with Gasteiger partial charge in [0.15, 0.2) is 0 Å². The summed E-state index contributed by atoms with van der Waals surface area (Å²) in [4.78, 5) is 64.2. The van der Waals surface area contributed by atoms with Gasteiger partial charge in [-0.3, -0.25) is 19.2 Å². The molecule has 11 heteroatoms. The van der Waals surface area contributed by atoms with Gasteiger partial charge in [-0.05, 0) is 38.7 Å². The summed E-state index contributed by atoms with van der Waals surface area (Å²) >= 11 is 0. The number of nitrogens with two attached hydrogens (primary N) is 1. The zero-order valence-corrected chi connectivity index (χ0v) is 21.2. The summed E-state index contributed by atoms with van der Waals surface area (Å²) in [7, 11) is 0. The lowest BCUT2D eigenvalue weighted by atomic mass is 10.0. The predicted octanol–water partition coefficient (Wildman–Crippen LogP) is -0.348. The van der Waals surface area contributed by atoms with Gasteiger partial charge in [0.1, 0.15) is 29.9 Å². The van der Waals surface area contributed by atoms with Crippen LogP contribution in [0.25, 0.3) is 0 Å². The summed E-state index contributed by atoms with van der Waals surface area (Å²) < 4.78 is 5.41. The van der Waals surface area contributed by atoms with E-state index in [2.05, 4.69) is 21.3 Å². The number of allylic oxidation sites excluding steroid dienone is 1. The van der Waals surface area contributed by atoms with Gasteiger partial charge in [-0.15, -0.1) is 0 Å². The average molecular weight is 502 g/mol. The summed E-state index contributed by atoms with van der Waals surface area (Å²) in [5.74, 6) is -3.85. The Balaban J connectivity index is 2.34. The Morgan fingerprint density at radius 3 is 2.28 bits per heavy atom. The van der Waals surface area contributed by atoms with E-state index >= 15 is 0 Å². The van der Waals surface area contributed by atoms with Crippen LogP contribution in [-0.4, -0.2) is 59.9 Å². The molecule has 11 nitrogen and oxygen atoms in total. The Labute approximate surface area is 210 Å². The standard InChI is InChI=1S/C25H35N5O6/c1-6-18-25(35)36-15(5)20(30-22(32)17(26)12-16-10-8-7-9-11-16)24(34)29-19(13(2)3)23(33)27-14(4)21(31)28-18/h6-11,13-15,17,19-20H,12,26H2,1-5H3,(H,27,33)(H,28,31)(H,29,34)(H,30,32)/b18-6-/t14-,15+,17-,19-,20+/m0/s1. The first kappa shape index (κ1) is 28.5. The van der Waals surface area contributed by atoms with Crippen molar-refractivity contribution in [2.45, 2.75) is 71.3 Å². The third-order valence-corrected chi connectivity index (χ3v) is 5.74. The molecule has 0 radical (unpaired) electrons. The van der Waals surface area contributed by atoms with Gasteiger partial charge in [-0.2, -0.15) is 0 Å². The molecule has 36 heavy (non-hydrogen) atoms. The molecule has 0 unspecified atom stereocenters. The van der Waals surface area contributed by atoms with E-state index in [-0.39, 0.29) is 18.0 Å². The molecule has 1 aromatic rings. The van der Waals surface area contributed by atoms with Crippen molar-refractivity contribution in [1.29, 1.82) is 0 Å². The van der Waals surface area contributed by atoms with Crippen LogP contribution in [0.15, 0.2) is 42.1 Å². The number of rotatable bonds is 5. The summed E-state index contributed by atoms with van der Waals surface area (Å²) in [6, 6.07) is 4.77. The van der Waals surface area contributed by atoms with Crippen molar-refractivity contribution in [2.24, 2.45) is 11.7 Å². The van der Waals surface area contributed by atoms with Crippen molar-refractivity contribution < 1.29 is 28.7 Å². The fraction of sp³-hybridized carbons (Fsp3) is 0.480. The number of nitrogens with one attached hydrogen (secondary N) is 4. The first-order chi connectivity index (χ1) is 16.9. The average Bonchev–Trinajstić information content (AvgIpc) is 2.83. The lowest BCUT2D eigenvalue weighted by molar-refractivity contribution is -0.149. The molecule has 0 aliphatic carbocycles. The van der Waals surface area contributed by atoms with Crippen LogP contribution in [0.3, 0.4) is 0 Å². The molecule has 4 amide bonds. The maximum absolute atomic E-state index is 13.3. The summed E-state index contributed by atoms with van der Waals surface area (Å²) in [5, 5.41) is 10.1. The van der Waals surface area contributed by atoms with Crippen molar-refractivity contribution >= 4 is 29.6 Å². The highest BCUT2D eigenvalue weighted by Crippen LogP contribution is 2.10. The number of amides is 4. The minimum Gasteiger partial charge on any atom is -0.455 e. The zero-order chi connectivity index (χ0) is 27.0. The van der Waals surface area contributed by atoms with Crippen LogP contribution >= 0.6 is 0 Å². The van der Waals surface area contributed by atoms with Gasteiger partial charge < -0.3 is 31.7 Å². The molecule has 1 aliphatic rings. The van der Waals surface area contributed by atoms with Crippen molar-refractivity contribution in [3.05, 3.63) is 47.7 Å². The number of hydrogen-bond donors (Lipinski definition) is 5. The molecule has 1 heterocycles. The van der Waals surface area contributed by atoms with Gasteiger partial charge in [0.2, 0.25) is 23.6 Å². The van der Waals surface area contributed by atoms with Crippen molar-refractivity contribution in [3.63, 3.8) is 0 Å². The Morgan fingerprint density at radius 1 is 1.06 bits per heavy atom. The van der Waals surface area contributed by atoms with Gasteiger partial charge in [0.05, 0.1) is 6.04 Å². The topological polar surface area (TPSA) is 169 Å². The van der Waals surface area contributed by atoms with E-state index in [4.69, 9.17) is 10.5 Å². The van der Waals surface area contributed by atoms with E-state index in [9.17, 15) is 24.0 Å². The minimum absolute atomic E-state index is 0.168. The minimum atomic E-state index is -1.36. The fourth-order valence-electron chi connectivity index (χ4n) is 3.55. The molecule has 5 atom stereocenters. The highest BCUT2D eigenvalue weighted by Gasteiger charge is 2.36. The maximum Gasteiger partial charge on any atom is 0.354 e. The van der Waals surface area contributed by atoms with Gasteiger partial charge >= 0.3 is 5.97 Å². The van der Waals surface area contributed by atoms with E-state index in [1.54, 1.807) is 13.8 Å². The Kier molecular flexibility index (Phi) is 10.2. The van der Waals surface area contributed by atoms with Gasteiger partial charge in [-0.25, -0.2) is 4.79 Å². The van der Waals surface area contributed by atoms with Crippen LogP contribution in [0, 0.1) is 5.92 Å². The highest BCUT2D eigenvalue weighted by molar-refractivity contribution is 5.99. The Hall–Kier alpha value is -3.73. The van der Waals surface area contributed by atoms with Crippen LogP contribution in [0.2, 0.25) is 0 Å². The second-order valence-corrected chi connectivity index (χ2v) is 9.05. The molecule has 1 fully saturated rings. The largest absolute Gasteiger partial charge is 0.455 e. The number of benzene rings is 1. The first-order valence-electron chi connectivity index (χ1n) is 11.8. The molecule has 1 aliphatic heterocycles. The van der Waals surface area contributed by atoms with Crippen LogP contribution in [0.5, 0.6) is 0 Å². The molecule has 196 valence electrons. The van der Waals surface area contributed by atoms with Gasteiger partial charge in [0, 0.05) is 0 Å². The fourth-order valence-corrected chi connectivity index (χ4v) is 3.55. The smallest absolute Gasteiger partial charge is 0.354 e. The number of carbonyl (C=O) groups is 5. The van der Waals surface area contributed by atoms with E-state index in [0.717, 1.165) is 5.56 Å². The maximum atomic E-state index is 13.3. The van der Waals surface area contributed by atoms with E-state index in [0.29, 0.717) is 0 Å². The Bertz CT molecular complexity index is 1010. The van der Waals surface area contributed by atoms with Crippen LogP contribution in [-0.2, 0) is 35.1 Å². The zero-order valence-electron chi connectivity index (χ0n) is 21.2. The van der Waals surface area contributed by atoms with Crippen LogP contribution in [0.1, 0.15) is 40.2 Å². The lowest BCUT2D eigenvalue weighted by Crippen LogP contribution is -2.61. The molecule has 0 bridgehead atoms. The molecule has 0 aromatic heterocycles. The van der Waals surface area contributed by atoms with Gasteiger partial charge in [-0.1, -0.05) is 50.3 Å². The molecule has 1 aromatic carbocycles. The lowest BCUT2D eigenvalue weighted by Gasteiger charge is -2.29. The summed E-state index contributed by atoms with van der Waals surface area (Å²) in [6.07, 6.45) is 0.395. The van der Waals surface area contributed by atoms with Crippen molar-refractivity contribution in [2.75, 3.05) is 0 Å². The highest BCUT2D eigenvalue weighted by atomic mass is 16.5. The number of ether oxygens (including phenoxy) is 1. The molecular weight excluding hydrogens is 466 g/mol. The molecule has 6 N–H and O–H groups in total. The third-order valence-electron chi connectivity index (χ3n) is 5.74. The number of cyclic esters (lactones) is 1.